The van der Waals surface area contributed by atoms with E-state index in [1.165, 1.54) is 12.7 Å². The number of methoxy groups -OCH3 is 1. The molecule has 0 radical (unpaired) electrons. The average Bonchev–Trinajstić information content (AvgIpc) is 2.70. The maximum atomic E-state index is 11.1. The molecule has 0 bridgehead atoms. The second-order valence-corrected chi connectivity index (χ2v) is 3.92. The van der Waals surface area contributed by atoms with Crippen LogP contribution in [0.2, 0.25) is 0 Å². The van der Waals surface area contributed by atoms with Crippen LogP contribution in [0.5, 0.6) is 0 Å². The van der Waals surface area contributed by atoms with Crippen molar-refractivity contribution in [3.05, 3.63) is 23.8 Å². The molecular weight excluding hydrogens is 204 g/mol. The molecule has 4 nitrogen and oxygen atoms in total. The standard InChI is InChI=1S/C12H16N2O2/c1-16-11(15)6-8-14-7-5-9-3-2-4-10(13)12(9)14/h2-4H,5-8,13H2,1H3. The number of nitrogens with zero attached hydrogens (tertiary/aromatic N) is 1. The van der Waals surface area contributed by atoms with Gasteiger partial charge < -0.3 is 15.4 Å². The van der Waals surface area contributed by atoms with Crippen LogP contribution in [0.3, 0.4) is 0 Å². The van der Waals surface area contributed by atoms with Gasteiger partial charge in [0.05, 0.1) is 24.9 Å². The molecule has 0 saturated carbocycles. The van der Waals surface area contributed by atoms with Gasteiger partial charge in [-0.1, -0.05) is 12.1 Å². The molecule has 2 rings (SSSR count). The number of nitrogen functional groups attached to an aromatic ring is 1. The van der Waals surface area contributed by atoms with E-state index in [0.29, 0.717) is 13.0 Å². The largest absolute Gasteiger partial charge is 0.469 e. The normalized spacial score (nSPS) is 13.7. The number of fused-ring (bicyclic) bond motifs is 1. The Morgan fingerprint density at radius 2 is 2.38 bits per heavy atom. The van der Waals surface area contributed by atoms with Crippen molar-refractivity contribution in [2.75, 3.05) is 30.8 Å². The summed E-state index contributed by atoms with van der Waals surface area (Å²) in [7, 11) is 1.41. The van der Waals surface area contributed by atoms with Crippen LogP contribution in [-0.2, 0) is 16.0 Å². The van der Waals surface area contributed by atoms with Crippen LogP contribution in [0.1, 0.15) is 12.0 Å². The highest BCUT2D eigenvalue weighted by atomic mass is 16.5. The first-order valence-corrected chi connectivity index (χ1v) is 5.41. The van der Waals surface area contributed by atoms with Gasteiger partial charge in [-0.15, -0.1) is 0 Å². The Morgan fingerprint density at radius 1 is 1.56 bits per heavy atom. The van der Waals surface area contributed by atoms with Gasteiger partial charge in [0.15, 0.2) is 0 Å². The number of ether oxygens (including phenoxy) is 1. The van der Waals surface area contributed by atoms with E-state index in [0.717, 1.165) is 24.3 Å². The minimum atomic E-state index is -0.178. The Morgan fingerprint density at radius 3 is 3.12 bits per heavy atom. The summed E-state index contributed by atoms with van der Waals surface area (Å²) in [6, 6.07) is 5.96. The van der Waals surface area contributed by atoms with E-state index < -0.39 is 0 Å². The number of benzene rings is 1. The van der Waals surface area contributed by atoms with Gasteiger partial charge in [0.25, 0.3) is 0 Å². The molecular formula is C12H16N2O2. The molecule has 16 heavy (non-hydrogen) atoms. The maximum Gasteiger partial charge on any atom is 0.307 e. The number of carbonyl (C=O) groups is 1. The highest BCUT2D eigenvalue weighted by Crippen LogP contribution is 2.33. The van der Waals surface area contributed by atoms with Crippen LogP contribution >= 0.6 is 0 Å². The van der Waals surface area contributed by atoms with Gasteiger partial charge in [-0.05, 0) is 18.1 Å². The van der Waals surface area contributed by atoms with Crippen LogP contribution in [0.4, 0.5) is 11.4 Å². The van der Waals surface area contributed by atoms with Crippen LogP contribution in [0, 0.1) is 0 Å². The predicted molar refractivity (Wildman–Crippen MR) is 63.4 cm³/mol. The zero-order valence-corrected chi connectivity index (χ0v) is 9.40. The molecule has 0 spiro atoms. The van der Waals surface area contributed by atoms with E-state index >= 15 is 0 Å². The molecule has 0 aliphatic carbocycles. The quantitative estimate of drug-likeness (QED) is 0.614. The van der Waals surface area contributed by atoms with Crippen LogP contribution in [0.15, 0.2) is 18.2 Å². The van der Waals surface area contributed by atoms with Crippen LogP contribution < -0.4 is 10.6 Å². The molecule has 4 heteroatoms. The smallest absolute Gasteiger partial charge is 0.307 e. The van der Waals surface area contributed by atoms with Crippen molar-refractivity contribution in [2.45, 2.75) is 12.8 Å². The Balaban J connectivity index is 2.08. The molecule has 86 valence electrons. The minimum Gasteiger partial charge on any atom is -0.469 e. The fraction of sp³-hybridized carbons (Fsp3) is 0.417. The molecule has 2 N–H and O–H groups in total. The molecule has 1 aromatic rings. The molecule has 1 aliphatic rings. The average molecular weight is 220 g/mol. The Bertz CT molecular complexity index is 404. The van der Waals surface area contributed by atoms with Crippen molar-refractivity contribution >= 4 is 17.3 Å². The van der Waals surface area contributed by atoms with Crippen LogP contribution in [0.25, 0.3) is 0 Å². The summed E-state index contributed by atoms with van der Waals surface area (Å²) in [6.07, 6.45) is 1.41. The highest BCUT2D eigenvalue weighted by Gasteiger charge is 2.21. The van der Waals surface area contributed by atoms with E-state index in [-0.39, 0.29) is 5.97 Å². The lowest BCUT2D eigenvalue weighted by molar-refractivity contribution is -0.140. The fourth-order valence-corrected chi connectivity index (χ4v) is 2.12. The minimum absolute atomic E-state index is 0.178. The van der Waals surface area contributed by atoms with Gasteiger partial charge in [0.1, 0.15) is 0 Å². The zero-order chi connectivity index (χ0) is 11.5. The molecule has 0 amide bonds. The van der Waals surface area contributed by atoms with Gasteiger partial charge in [0.2, 0.25) is 0 Å². The first-order chi connectivity index (χ1) is 7.72. The number of esters is 1. The van der Waals surface area contributed by atoms with Gasteiger partial charge >= 0.3 is 5.97 Å². The first kappa shape index (κ1) is 10.8. The summed E-state index contributed by atoms with van der Waals surface area (Å²) in [5.41, 5.74) is 9.09. The number of hydrogen-bond acceptors (Lipinski definition) is 4. The van der Waals surface area contributed by atoms with Crippen LogP contribution in [-0.4, -0.2) is 26.2 Å². The van der Waals surface area contributed by atoms with Crippen molar-refractivity contribution in [2.24, 2.45) is 0 Å². The van der Waals surface area contributed by atoms with E-state index in [9.17, 15) is 4.79 Å². The fourth-order valence-electron chi connectivity index (χ4n) is 2.12. The monoisotopic (exact) mass is 220 g/mol. The topological polar surface area (TPSA) is 55.6 Å². The van der Waals surface area contributed by atoms with Gasteiger partial charge in [0, 0.05) is 13.1 Å². The molecule has 0 unspecified atom stereocenters. The molecule has 0 saturated heterocycles. The molecule has 1 aliphatic heterocycles. The van der Waals surface area contributed by atoms with E-state index in [2.05, 4.69) is 15.7 Å². The van der Waals surface area contributed by atoms with Crippen molar-refractivity contribution < 1.29 is 9.53 Å². The number of anilines is 2. The lowest BCUT2D eigenvalue weighted by atomic mass is 10.1. The van der Waals surface area contributed by atoms with Crippen molar-refractivity contribution in [3.63, 3.8) is 0 Å². The molecule has 0 fully saturated rings. The lowest BCUT2D eigenvalue weighted by Gasteiger charge is -2.20. The predicted octanol–water partition coefficient (Wildman–Crippen LogP) is 1.19. The maximum absolute atomic E-state index is 11.1. The Labute approximate surface area is 95.0 Å². The summed E-state index contributed by atoms with van der Waals surface area (Å²) in [5, 5.41) is 0. The zero-order valence-electron chi connectivity index (χ0n) is 9.40. The number of rotatable bonds is 3. The first-order valence-electron chi connectivity index (χ1n) is 5.41. The second kappa shape index (κ2) is 4.43. The number of hydrogen-bond donors (Lipinski definition) is 1. The summed E-state index contributed by atoms with van der Waals surface area (Å²) in [6.45, 7) is 1.61. The van der Waals surface area contributed by atoms with Gasteiger partial charge in [-0.3, -0.25) is 4.79 Å². The SMILES string of the molecule is COC(=O)CCN1CCc2cccc(N)c21. The third-order valence-corrected chi connectivity index (χ3v) is 2.93. The Kier molecular flexibility index (Phi) is 2.99. The Hall–Kier alpha value is -1.71. The number of para-hydroxylation sites is 1. The summed E-state index contributed by atoms with van der Waals surface area (Å²) in [4.78, 5) is 13.2. The van der Waals surface area contributed by atoms with Crippen molar-refractivity contribution in [3.8, 4) is 0 Å². The van der Waals surface area contributed by atoms with Crippen molar-refractivity contribution in [1.82, 2.24) is 0 Å². The summed E-state index contributed by atoms with van der Waals surface area (Å²) >= 11 is 0. The van der Waals surface area contributed by atoms with E-state index in [1.807, 2.05) is 12.1 Å². The van der Waals surface area contributed by atoms with Crippen molar-refractivity contribution in [1.29, 1.82) is 0 Å². The lowest BCUT2D eigenvalue weighted by Crippen LogP contribution is -2.24. The van der Waals surface area contributed by atoms with E-state index in [4.69, 9.17) is 5.73 Å². The highest BCUT2D eigenvalue weighted by molar-refractivity contribution is 5.75. The number of carbonyl (C=O) groups excluding carboxylic acids is 1. The van der Waals surface area contributed by atoms with Gasteiger partial charge in [-0.25, -0.2) is 0 Å². The molecule has 0 atom stereocenters. The molecule has 1 aromatic carbocycles. The number of nitrogens with two attached hydrogens (primary N) is 1. The molecule has 1 heterocycles. The third-order valence-electron chi connectivity index (χ3n) is 2.93. The molecule has 0 aromatic heterocycles. The summed E-state index contributed by atoms with van der Waals surface area (Å²) < 4.78 is 4.63. The van der Waals surface area contributed by atoms with E-state index in [1.54, 1.807) is 0 Å². The third kappa shape index (κ3) is 1.96. The van der Waals surface area contributed by atoms with Gasteiger partial charge in [-0.2, -0.15) is 0 Å². The second-order valence-electron chi connectivity index (χ2n) is 3.92. The summed E-state index contributed by atoms with van der Waals surface area (Å²) in [5.74, 6) is -0.178.